The molecule has 2 unspecified atom stereocenters. The van der Waals surface area contributed by atoms with Gasteiger partial charge in [0.1, 0.15) is 0 Å². The third-order valence-corrected chi connectivity index (χ3v) is 3.61. The Balaban J connectivity index is 0.00000162. The second kappa shape index (κ2) is 6.05. The highest BCUT2D eigenvalue weighted by atomic mass is 35.5. The van der Waals surface area contributed by atoms with Crippen LogP contribution in [0.15, 0.2) is 24.3 Å². The third kappa shape index (κ3) is 3.25. The van der Waals surface area contributed by atoms with Crippen LogP contribution in [0.25, 0.3) is 0 Å². The molecule has 0 heterocycles. The summed E-state index contributed by atoms with van der Waals surface area (Å²) in [5.74, 6) is 0. The summed E-state index contributed by atoms with van der Waals surface area (Å²) in [6.07, 6.45) is 3.94. The number of rotatable bonds is 4. The van der Waals surface area contributed by atoms with Gasteiger partial charge in [0.15, 0.2) is 6.23 Å². The molecule has 0 spiro atoms. The standard InChI is InChI=1S/C15H24NO.ClH/c1-5-15(16(2,3)4)17-14-11-10-12-8-6-7-9-13(12)14;/h6-9,14-15H,5,10-11H2,1-4H3;1H/q+1;/p-1. The first kappa shape index (κ1) is 15.5. The molecule has 0 aliphatic heterocycles. The molecule has 0 radical (unpaired) electrons. The maximum absolute atomic E-state index is 6.32. The normalized spacial score (nSPS) is 20.1. The fraction of sp³-hybridized carbons (Fsp3) is 0.600. The smallest absolute Gasteiger partial charge is 0.193 e. The maximum Gasteiger partial charge on any atom is 0.193 e. The van der Waals surface area contributed by atoms with Crippen LogP contribution in [0.3, 0.4) is 0 Å². The quantitative estimate of drug-likeness (QED) is 0.558. The van der Waals surface area contributed by atoms with E-state index in [1.54, 1.807) is 0 Å². The monoisotopic (exact) mass is 269 g/mol. The molecule has 2 nitrogen and oxygen atoms in total. The van der Waals surface area contributed by atoms with Crippen molar-refractivity contribution in [1.82, 2.24) is 0 Å². The highest BCUT2D eigenvalue weighted by Crippen LogP contribution is 2.35. The van der Waals surface area contributed by atoms with E-state index in [1.807, 2.05) is 0 Å². The zero-order valence-corrected chi connectivity index (χ0v) is 12.6. The van der Waals surface area contributed by atoms with Gasteiger partial charge in [-0.25, -0.2) is 0 Å². The molecular formula is C15H24ClNO. The summed E-state index contributed by atoms with van der Waals surface area (Å²) in [5.41, 5.74) is 2.87. The Morgan fingerprint density at radius 2 is 1.94 bits per heavy atom. The first-order valence-electron chi connectivity index (χ1n) is 6.56. The van der Waals surface area contributed by atoms with Crippen molar-refractivity contribution in [2.24, 2.45) is 0 Å². The number of fused-ring (bicyclic) bond motifs is 1. The number of halogens is 1. The van der Waals surface area contributed by atoms with Crippen molar-refractivity contribution in [2.45, 2.75) is 38.5 Å². The molecule has 1 aliphatic rings. The molecule has 102 valence electrons. The van der Waals surface area contributed by atoms with E-state index in [4.69, 9.17) is 4.74 Å². The maximum atomic E-state index is 6.32. The predicted molar refractivity (Wildman–Crippen MR) is 70.7 cm³/mol. The molecule has 18 heavy (non-hydrogen) atoms. The van der Waals surface area contributed by atoms with E-state index >= 15 is 0 Å². The summed E-state index contributed by atoms with van der Waals surface area (Å²) < 4.78 is 7.19. The largest absolute Gasteiger partial charge is 1.00 e. The van der Waals surface area contributed by atoms with Crippen molar-refractivity contribution in [3.05, 3.63) is 35.4 Å². The Morgan fingerprint density at radius 3 is 2.56 bits per heavy atom. The van der Waals surface area contributed by atoms with E-state index in [2.05, 4.69) is 52.3 Å². The molecule has 0 aromatic heterocycles. The van der Waals surface area contributed by atoms with Crippen LogP contribution in [0.4, 0.5) is 0 Å². The zero-order valence-electron chi connectivity index (χ0n) is 11.8. The minimum absolute atomic E-state index is 0. The SMILES string of the molecule is CCC(OC1CCc2ccccc21)[N+](C)(C)C.[Cl-]. The average Bonchev–Trinajstić information content (AvgIpc) is 2.67. The van der Waals surface area contributed by atoms with E-state index in [0.29, 0.717) is 6.10 Å². The number of hydrogen-bond acceptors (Lipinski definition) is 1. The molecule has 0 N–H and O–H groups in total. The lowest BCUT2D eigenvalue weighted by Gasteiger charge is -2.35. The van der Waals surface area contributed by atoms with Crippen molar-refractivity contribution in [2.75, 3.05) is 21.1 Å². The van der Waals surface area contributed by atoms with Crippen LogP contribution in [0.2, 0.25) is 0 Å². The van der Waals surface area contributed by atoms with Crippen LogP contribution in [-0.2, 0) is 11.2 Å². The van der Waals surface area contributed by atoms with Gasteiger partial charge in [0.05, 0.1) is 27.2 Å². The van der Waals surface area contributed by atoms with Gasteiger partial charge in [-0.3, -0.25) is 0 Å². The molecular weight excluding hydrogens is 246 g/mol. The fourth-order valence-corrected chi connectivity index (χ4v) is 2.68. The van der Waals surface area contributed by atoms with Gasteiger partial charge in [0, 0.05) is 6.42 Å². The molecule has 2 atom stereocenters. The molecule has 1 aliphatic carbocycles. The van der Waals surface area contributed by atoms with Crippen molar-refractivity contribution in [1.29, 1.82) is 0 Å². The molecule has 0 saturated heterocycles. The first-order valence-corrected chi connectivity index (χ1v) is 6.56. The van der Waals surface area contributed by atoms with Crippen LogP contribution in [0.5, 0.6) is 0 Å². The van der Waals surface area contributed by atoms with E-state index in [1.165, 1.54) is 11.1 Å². The number of ether oxygens (including phenoxy) is 1. The molecule has 0 fully saturated rings. The Bertz CT molecular complexity index is 386. The second-order valence-electron chi connectivity index (χ2n) is 5.84. The van der Waals surface area contributed by atoms with Gasteiger partial charge >= 0.3 is 0 Å². The Hall–Kier alpha value is -0.570. The molecule has 0 bridgehead atoms. The van der Waals surface area contributed by atoms with E-state index in [0.717, 1.165) is 23.7 Å². The lowest BCUT2D eigenvalue weighted by atomic mass is 10.1. The van der Waals surface area contributed by atoms with Gasteiger partial charge in [0.25, 0.3) is 0 Å². The first-order chi connectivity index (χ1) is 8.02. The van der Waals surface area contributed by atoms with Crippen LogP contribution < -0.4 is 12.4 Å². The molecule has 3 heteroatoms. The topological polar surface area (TPSA) is 9.23 Å². The lowest BCUT2D eigenvalue weighted by Crippen LogP contribution is -3.00. The zero-order chi connectivity index (χ0) is 12.5. The van der Waals surface area contributed by atoms with Gasteiger partial charge in [-0.1, -0.05) is 31.2 Å². The number of aryl methyl sites for hydroxylation is 1. The van der Waals surface area contributed by atoms with Crippen LogP contribution in [-0.4, -0.2) is 31.9 Å². The molecule has 1 aromatic rings. The van der Waals surface area contributed by atoms with Gasteiger partial charge in [-0.2, -0.15) is 0 Å². The van der Waals surface area contributed by atoms with Crippen molar-refractivity contribution in [3.8, 4) is 0 Å². The number of nitrogens with zero attached hydrogens (tertiary/aromatic N) is 1. The minimum atomic E-state index is 0. The number of benzene rings is 1. The molecule has 0 amide bonds. The summed E-state index contributed by atoms with van der Waals surface area (Å²) in [6.45, 7) is 2.20. The molecule has 0 saturated carbocycles. The van der Waals surface area contributed by atoms with Crippen molar-refractivity contribution in [3.63, 3.8) is 0 Å². The highest BCUT2D eigenvalue weighted by Gasteiger charge is 2.30. The fourth-order valence-electron chi connectivity index (χ4n) is 2.68. The van der Waals surface area contributed by atoms with E-state index < -0.39 is 0 Å². The van der Waals surface area contributed by atoms with Gasteiger partial charge in [0.2, 0.25) is 0 Å². The van der Waals surface area contributed by atoms with Crippen LogP contribution in [0.1, 0.15) is 37.0 Å². The lowest BCUT2D eigenvalue weighted by molar-refractivity contribution is -0.921. The molecule has 2 rings (SSSR count). The summed E-state index contributed by atoms with van der Waals surface area (Å²) in [5, 5.41) is 0. The van der Waals surface area contributed by atoms with E-state index in [-0.39, 0.29) is 18.6 Å². The van der Waals surface area contributed by atoms with Gasteiger partial charge in [-0.15, -0.1) is 0 Å². The second-order valence-corrected chi connectivity index (χ2v) is 5.84. The van der Waals surface area contributed by atoms with Crippen molar-refractivity contribution >= 4 is 0 Å². The van der Waals surface area contributed by atoms with Gasteiger partial charge in [-0.05, 0) is 24.0 Å². The predicted octanol–water partition coefficient (Wildman–Crippen LogP) is 0.137. The Kier molecular flexibility index (Phi) is 5.20. The summed E-state index contributed by atoms with van der Waals surface area (Å²) in [4.78, 5) is 0. The van der Waals surface area contributed by atoms with E-state index in [9.17, 15) is 0 Å². The number of quaternary nitrogens is 1. The van der Waals surface area contributed by atoms with Crippen LogP contribution in [0, 0.1) is 0 Å². The summed E-state index contributed by atoms with van der Waals surface area (Å²) in [7, 11) is 6.61. The number of hydrogen-bond donors (Lipinski definition) is 0. The van der Waals surface area contributed by atoms with Gasteiger partial charge < -0.3 is 21.6 Å². The summed E-state index contributed by atoms with van der Waals surface area (Å²) >= 11 is 0. The van der Waals surface area contributed by atoms with Crippen LogP contribution >= 0.6 is 0 Å². The third-order valence-electron chi connectivity index (χ3n) is 3.61. The Labute approximate surface area is 117 Å². The minimum Gasteiger partial charge on any atom is -1.00 e. The summed E-state index contributed by atoms with van der Waals surface area (Å²) in [6, 6.07) is 8.69. The highest BCUT2D eigenvalue weighted by molar-refractivity contribution is 5.33. The molecule has 1 aromatic carbocycles. The average molecular weight is 270 g/mol. The van der Waals surface area contributed by atoms with Crippen molar-refractivity contribution < 1.29 is 21.6 Å². The Morgan fingerprint density at radius 1 is 1.28 bits per heavy atom.